The van der Waals surface area contributed by atoms with E-state index in [1.807, 2.05) is 18.2 Å². The Morgan fingerprint density at radius 1 is 1.17 bits per heavy atom. The second-order valence-corrected chi connectivity index (χ2v) is 4.66. The van der Waals surface area contributed by atoms with Crippen LogP contribution < -0.4 is 0 Å². The third-order valence-corrected chi connectivity index (χ3v) is 2.91. The Bertz CT molecular complexity index is 522. The van der Waals surface area contributed by atoms with Gasteiger partial charge >= 0.3 is 0 Å². The number of ether oxygens (including phenoxy) is 1. The minimum atomic E-state index is 0.578. The van der Waals surface area contributed by atoms with Crippen LogP contribution in [0.1, 0.15) is 5.56 Å². The minimum Gasteiger partial charge on any atom is -0.373 e. The number of hydrogen-bond acceptors (Lipinski definition) is 2. The molecule has 1 heterocycles. The van der Waals surface area contributed by atoms with Crippen LogP contribution in [0.3, 0.4) is 0 Å². The average molecular weight is 304 g/mol. The number of benzene rings is 1. The lowest BCUT2D eigenvalue weighted by Gasteiger charge is -2.04. The molecule has 0 aliphatic carbocycles. The highest BCUT2D eigenvalue weighted by molar-refractivity contribution is 9.10. The van der Waals surface area contributed by atoms with Crippen LogP contribution in [-0.2, 0) is 11.3 Å². The summed E-state index contributed by atoms with van der Waals surface area (Å²) in [5.74, 6) is 0. The Labute approximate surface area is 115 Å². The fourth-order valence-corrected chi connectivity index (χ4v) is 1.94. The highest BCUT2D eigenvalue weighted by Crippen LogP contribution is 2.19. The molecule has 0 radical (unpaired) electrons. The van der Waals surface area contributed by atoms with Crippen LogP contribution in [0.2, 0.25) is 0 Å². The summed E-state index contributed by atoms with van der Waals surface area (Å²) in [6.07, 6.45) is 1.75. The van der Waals surface area contributed by atoms with E-state index in [1.54, 1.807) is 6.08 Å². The summed E-state index contributed by atoms with van der Waals surface area (Å²) < 4.78 is 6.24. The molecule has 0 aliphatic rings. The number of rotatable bonds is 5. The smallest absolute Gasteiger partial charge is 0.106 e. The zero-order chi connectivity index (χ0) is 12.8. The maximum Gasteiger partial charge on any atom is 0.106 e. The first-order valence-corrected chi connectivity index (χ1v) is 6.49. The number of hydrogen-bond donors (Lipinski definition) is 0. The van der Waals surface area contributed by atoms with Gasteiger partial charge in [-0.05, 0) is 33.6 Å². The van der Waals surface area contributed by atoms with Crippen LogP contribution >= 0.6 is 15.9 Å². The van der Waals surface area contributed by atoms with E-state index in [9.17, 15) is 0 Å². The van der Waals surface area contributed by atoms with E-state index in [4.69, 9.17) is 4.74 Å². The Morgan fingerprint density at radius 2 is 1.94 bits per heavy atom. The Morgan fingerprint density at radius 3 is 2.61 bits per heavy atom. The molecule has 0 amide bonds. The molecular weight excluding hydrogens is 290 g/mol. The first-order chi connectivity index (χ1) is 8.79. The first kappa shape index (κ1) is 13.0. The van der Waals surface area contributed by atoms with Crippen molar-refractivity contribution in [3.05, 3.63) is 65.3 Å². The highest BCUT2D eigenvalue weighted by atomic mass is 79.9. The van der Waals surface area contributed by atoms with Crippen molar-refractivity contribution in [3.63, 3.8) is 0 Å². The summed E-state index contributed by atoms with van der Waals surface area (Å²) >= 11 is 3.38. The van der Waals surface area contributed by atoms with E-state index >= 15 is 0 Å². The molecule has 2 rings (SSSR count). The molecule has 0 spiro atoms. The Kier molecular flexibility index (Phi) is 4.67. The molecule has 0 unspecified atom stereocenters. The fourth-order valence-electron chi connectivity index (χ4n) is 1.60. The third kappa shape index (κ3) is 3.52. The molecule has 0 bridgehead atoms. The van der Waals surface area contributed by atoms with Gasteiger partial charge in [-0.2, -0.15) is 0 Å². The Hall–Kier alpha value is -1.45. The fraction of sp³-hybridized carbons (Fsp3) is 0.133. The molecule has 0 atom stereocenters. The van der Waals surface area contributed by atoms with Crippen LogP contribution in [0.4, 0.5) is 0 Å². The SMILES string of the molecule is C=CCOCc1ccc(-c2cccc(Br)n2)cc1. The van der Waals surface area contributed by atoms with Crippen molar-refractivity contribution in [1.82, 2.24) is 4.98 Å². The summed E-state index contributed by atoms with van der Waals surface area (Å²) in [5, 5.41) is 0. The van der Waals surface area contributed by atoms with Crippen molar-refractivity contribution < 1.29 is 4.74 Å². The molecule has 0 aliphatic heterocycles. The molecule has 1 aromatic carbocycles. The lowest BCUT2D eigenvalue weighted by Crippen LogP contribution is -1.92. The van der Waals surface area contributed by atoms with Gasteiger partial charge in [0.05, 0.1) is 18.9 Å². The van der Waals surface area contributed by atoms with Gasteiger partial charge in [-0.1, -0.05) is 36.4 Å². The van der Waals surface area contributed by atoms with Gasteiger partial charge in [-0.15, -0.1) is 6.58 Å². The highest BCUT2D eigenvalue weighted by Gasteiger charge is 2.00. The lowest BCUT2D eigenvalue weighted by molar-refractivity contribution is 0.149. The summed E-state index contributed by atoms with van der Waals surface area (Å²) in [4.78, 5) is 4.42. The molecule has 92 valence electrons. The van der Waals surface area contributed by atoms with Crippen LogP contribution in [0.5, 0.6) is 0 Å². The maximum atomic E-state index is 5.39. The molecule has 2 nitrogen and oxygen atoms in total. The maximum absolute atomic E-state index is 5.39. The van der Waals surface area contributed by atoms with Gasteiger partial charge in [0, 0.05) is 5.56 Å². The van der Waals surface area contributed by atoms with Gasteiger partial charge in [-0.3, -0.25) is 0 Å². The van der Waals surface area contributed by atoms with Gasteiger partial charge in [0.15, 0.2) is 0 Å². The minimum absolute atomic E-state index is 0.578. The quantitative estimate of drug-likeness (QED) is 0.469. The average Bonchev–Trinajstić information content (AvgIpc) is 2.40. The molecule has 0 fully saturated rings. The van der Waals surface area contributed by atoms with Crippen LogP contribution in [0.25, 0.3) is 11.3 Å². The predicted molar refractivity (Wildman–Crippen MR) is 77.2 cm³/mol. The van der Waals surface area contributed by atoms with Crippen molar-refractivity contribution >= 4 is 15.9 Å². The largest absolute Gasteiger partial charge is 0.373 e. The van der Waals surface area contributed by atoms with Gasteiger partial charge in [-0.25, -0.2) is 4.98 Å². The standard InChI is InChI=1S/C15H14BrNO/c1-2-10-18-11-12-6-8-13(9-7-12)14-4-3-5-15(16)17-14/h2-9H,1,10-11H2. The normalized spacial score (nSPS) is 10.3. The number of pyridine rings is 1. The van der Waals surface area contributed by atoms with E-state index < -0.39 is 0 Å². The number of aromatic nitrogens is 1. The van der Waals surface area contributed by atoms with E-state index in [0.29, 0.717) is 13.2 Å². The summed E-state index contributed by atoms with van der Waals surface area (Å²) in [6, 6.07) is 14.1. The molecule has 0 saturated carbocycles. The zero-order valence-electron chi connectivity index (χ0n) is 9.97. The summed E-state index contributed by atoms with van der Waals surface area (Å²) in [6.45, 7) is 4.80. The van der Waals surface area contributed by atoms with E-state index in [2.05, 4.69) is 51.8 Å². The topological polar surface area (TPSA) is 22.1 Å². The van der Waals surface area contributed by atoms with Gasteiger partial charge < -0.3 is 4.74 Å². The summed E-state index contributed by atoms with van der Waals surface area (Å²) in [7, 11) is 0. The van der Waals surface area contributed by atoms with Gasteiger partial charge in [0.1, 0.15) is 4.60 Å². The first-order valence-electron chi connectivity index (χ1n) is 5.70. The van der Waals surface area contributed by atoms with E-state index in [0.717, 1.165) is 21.4 Å². The van der Waals surface area contributed by atoms with Crippen molar-refractivity contribution in [2.45, 2.75) is 6.61 Å². The number of nitrogens with zero attached hydrogens (tertiary/aromatic N) is 1. The predicted octanol–water partition coefficient (Wildman–Crippen LogP) is 4.21. The lowest BCUT2D eigenvalue weighted by atomic mass is 10.1. The summed E-state index contributed by atoms with van der Waals surface area (Å²) in [5.41, 5.74) is 3.21. The molecule has 1 aromatic heterocycles. The van der Waals surface area contributed by atoms with Gasteiger partial charge in [0.25, 0.3) is 0 Å². The number of halogens is 1. The monoisotopic (exact) mass is 303 g/mol. The Balaban J connectivity index is 2.10. The van der Waals surface area contributed by atoms with Crippen molar-refractivity contribution in [2.75, 3.05) is 6.61 Å². The molecule has 0 saturated heterocycles. The van der Waals surface area contributed by atoms with Crippen molar-refractivity contribution in [1.29, 1.82) is 0 Å². The molecule has 2 aromatic rings. The van der Waals surface area contributed by atoms with Gasteiger partial charge in [0.2, 0.25) is 0 Å². The zero-order valence-corrected chi connectivity index (χ0v) is 11.6. The van der Waals surface area contributed by atoms with Crippen LogP contribution in [0.15, 0.2) is 59.7 Å². The van der Waals surface area contributed by atoms with E-state index in [1.165, 1.54) is 0 Å². The van der Waals surface area contributed by atoms with Crippen LogP contribution in [-0.4, -0.2) is 11.6 Å². The molecule has 0 N–H and O–H groups in total. The molecular formula is C15H14BrNO. The van der Waals surface area contributed by atoms with Crippen molar-refractivity contribution in [2.24, 2.45) is 0 Å². The third-order valence-electron chi connectivity index (χ3n) is 2.47. The molecule has 18 heavy (non-hydrogen) atoms. The van der Waals surface area contributed by atoms with Crippen LogP contribution in [0, 0.1) is 0 Å². The van der Waals surface area contributed by atoms with E-state index in [-0.39, 0.29) is 0 Å². The van der Waals surface area contributed by atoms with Crippen molar-refractivity contribution in [3.8, 4) is 11.3 Å². The molecule has 3 heteroatoms. The second-order valence-electron chi connectivity index (χ2n) is 3.85. The second kappa shape index (κ2) is 6.47.